The molecule has 0 radical (unpaired) electrons. The van der Waals surface area contributed by atoms with E-state index in [1.807, 2.05) is 44.2 Å². The number of hydrogen-bond donors (Lipinski definition) is 2. The SMILES string of the molecule is CC.CC(C)(C)OC(=O)OC(=O)OC(C)(C)C.COC(=O)C1C(=O)Cc2cccnc21.COC(=O)Cc1cccnc1Cl.COC(=O)[C@@H]1c2ncccc2CC1O.COC(=O)[C@@H]1c2ncccc2C[C@@H]1OS(C)(=O)=O.COC(=O)[C@@H]1c2ncccc2C[C@H]1N.COC(=O)[C@@H]1c2ncccc2C[C@H]1N=[N+]=[N-]. The Morgan fingerprint density at radius 3 is 1.40 bits per heavy atom. The monoisotopic (exact) mass is 1500 g/mol. The highest BCUT2D eigenvalue weighted by Gasteiger charge is 2.44. The molecule has 2 unspecified atom stereocenters. The number of rotatable bonds is 10. The van der Waals surface area contributed by atoms with E-state index in [0.29, 0.717) is 59.2 Å². The zero-order valence-electron chi connectivity index (χ0n) is 60.7. The van der Waals surface area contributed by atoms with Gasteiger partial charge in [-0.2, -0.15) is 8.42 Å². The first kappa shape index (κ1) is 87.0. The fourth-order valence-electron chi connectivity index (χ4n) is 10.9. The average Bonchev–Trinajstić information content (AvgIpc) is 1.68. The molecule has 6 aromatic rings. The molecular formula is C71H87ClN10O22S. The van der Waals surface area contributed by atoms with Crippen molar-refractivity contribution in [3.8, 4) is 0 Å². The first-order chi connectivity index (χ1) is 49.6. The topological polar surface area (TPSA) is 452 Å². The minimum absolute atomic E-state index is 0.134. The van der Waals surface area contributed by atoms with Crippen molar-refractivity contribution >= 4 is 75.6 Å². The second-order valence-electron chi connectivity index (χ2n) is 24.7. The van der Waals surface area contributed by atoms with Crippen molar-refractivity contribution in [1.29, 1.82) is 0 Å². The fourth-order valence-corrected chi connectivity index (χ4v) is 11.7. The number of ketones is 1. The standard InChI is InChI=1S/C11H13NO5S.C10H10N4O2.C10H12N2O2.C10H11NO3.C10H9NO3.C10H18O5.C8H8ClNO2.C2H6/c1-16-11(13)9-8(17-18(2,14)15)6-7-4-3-5-12-10(7)9;1-16-10(15)8-7(13-14-11)5-6-3-2-4-12-9(6)8;1-14-10(13)8-7(11)5-6-3-2-4-12-9(6)8;2*1-14-10(13)8-7(12)5-6-3-2-4-11-9(6)8;1-9(2,3)14-7(11)13-8(12)15-10(4,5)6;1-12-7(11)5-6-3-2-4-10-8(6)9;1-2/h3-5,8-9H,6H2,1-2H3;2-4,7-8H,5H2,1H3;2-4,7-8H,5,11H2,1H3;2-4,7-8,12H,5H2,1H3;2-4,8H,5H2,1H3;1-6H3;2-4H,5H2,1H3;1-2H3/t8-,9-;2*7-,8+;7?,8-;;;;/m0110..../s1. The number of carbonyl (C=O) groups is 9. The number of esters is 6. The van der Waals surface area contributed by atoms with Crippen LogP contribution in [-0.4, -0.2) is 182 Å². The zero-order valence-corrected chi connectivity index (χ0v) is 62.3. The van der Waals surface area contributed by atoms with Gasteiger partial charge in [-0.1, -0.05) is 67.0 Å². The lowest BCUT2D eigenvalue weighted by molar-refractivity contribution is -0.146. The minimum Gasteiger partial charge on any atom is -0.469 e. The van der Waals surface area contributed by atoms with Gasteiger partial charge in [-0.15, -0.1) is 0 Å². The van der Waals surface area contributed by atoms with Gasteiger partial charge in [0.25, 0.3) is 10.1 Å². The number of ether oxygens (including phenoxy) is 9. The van der Waals surface area contributed by atoms with E-state index >= 15 is 0 Å². The Balaban J connectivity index is 0.000000259. The van der Waals surface area contributed by atoms with Crippen molar-refractivity contribution in [2.45, 2.75) is 159 Å². The summed E-state index contributed by atoms with van der Waals surface area (Å²) in [6.45, 7) is 14.0. The maximum absolute atomic E-state index is 11.7. The molecule has 34 heteroatoms. The van der Waals surface area contributed by atoms with E-state index in [2.05, 4.69) is 63.6 Å². The van der Waals surface area contributed by atoms with E-state index in [-0.39, 0.29) is 36.6 Å². The predicted octanol–water partition coefficient (Wildman–Crippen LogP) is 8.10. The average molecular weight is 1500 g/mol. The van der Waals surface area contributed by atoms with Crippen molar-refractivity contribution in [3.63, 3.8) is 0 Å². The number of nitrogens with two attached hydrogens (primary N) is 1. The maximum atomic E-state index is 11.7. The van der Waals surface area contributed by atoms with Gasteiger partial charge >= 0.3 is 48.1 Å². The van der Waals surface area contributed by atoms with Gasteiger partial charge in [0.15, 0.2) is 11.7 Å². The Kier molecular flexibility index (Phi) is 34.1. The van der Waals surface area contributed by atoms with Gasteiger partial charge in [0, 0.05) is 73.0 Å². The first-order valence-corrected chi connectivity index (χ1v) is 34.6. The molecule has 0 aliphatic heterocycles. The second kappa shape index (κ2) is 41.2. The van der Waals surface area contributed by atoms with Crippen LogP contribution in [0.2, 0.25) is 5.15 Å². The number of halogens is 1. The van der Waals surface area contributed by atoms with Gasteiger partial charge < -0.3 is 53.5 Å². The fraction of sp³-hybridized carbons (Fsp3) is 0.451. The van der Waals surface area contributed by atoms with E-state index in [1.54, 1.807) is 121 Å². The highest BCUT2D eigenvalue weighted by molar-refractivity contribution is 7.86. The van der Waals surface area contributed by atoms with Gasteiger partial charge in [0.2, 0.25) is 0 Å². The summed E-state index contributed by atoms with van der Waals surface area (Å²) in [5.41, 5.74) is 21.3. The Hall–Kier alpha value is -10.4. The van der Waals surface area contributed by atoms with Crippen LogP contribution in [0.25, 0.3) is 10.4 Å². The van der Waals surface area contributed by atoms with Crippen molar-refractivity contribution in [3.05, 3.63) is 187 Å². The summed E-state index contributed by atoms with van der Waals surface area (Å²) in [6.07, 6.45) is 9.46. The molecule has 0 saturated heterocycles. The molecule has 9 atom stereocenters. The first-order valence-electron chi connectivity index (χ1n) is 32.4. The number of carbonyl (C=O) groups excluding carboxylic acids is 9. The number of pyridine rings is 6. The van der Waals surface area contributed by atoms with Crippen LogP contribution in [0.15, 0.2) is 115 Å². The summed E-state index contributed by atoms with van der Waals surface area (Å²) >= 11 is 5.71. The van der Waals surface area contributed by atoms with E-state index < -0.39 is 105 Å². The largest absolute Gasteiger partial charge is 0.519 e. The zero-order chi connectivity index (χ0) is 78.5. The summed E-state index contributed by atoms with van der Waals surface area (Å²) in [6, 6.07) is 21.1. The molecule has 0 aromatic carbocycles. The molecule has 566 valence electrons. The van der Waals surface area contributed by atoms with E-state index in [9.17, 15) is 56.7 Å². The van der Waals surface area contributed by atoms with Gasteiger partial charge in [-0.05, 0) is 124 Å². The summed E-state index contributed by atoms with van der Waals surface area (Å²) in [7, 11) is 4.23. The molecule has 0 amide bonds. The van der Waals surface area contributed by atoms with Crippen LogP contribution in [0.3, 0.4) is 0 Å². The highest BCUT2D eigenvalue weighted by Crippen LogP contribution is 2.38. The number of aromatic nitrogens is 6. The summed E-state index contributed by atoms with van der Waals surface area (Å²) < 4.78 is 68.9. The van der Waals surface area contributed by atoms with E-state index in [4.69, 9.17) is 46.0 Å². The molecular weight excluding hydrogens is 1410 g/mol. The Morgan fingerprint density at radius 1 is 0.552 bits per heavy atom. The second-order valence-corrected chi connectivity index (χ2v) is 26.7. The number of Topliss-reactive ketones (excluding diaryl/α,β-unsaturated/α-hetero) is 1. The number of aliphatic hydroxyl groups is 1. The van der Waals surface area contributed by atoms with Crippen molar-refractivity contribution in [2.75, 3.05) is 48.9 Å². The van der Waals surface area contributed by atoms with Crippen molar-refractivity contribution in [1.82, 2.24) is 29.9 Å². The molecule has 6 heterocycles. The Bertz CT molecular complexity index is 4060. The highest BCUT2D eigenvalue weighted by atomic mass is 35.5. The van der Waals surface area contributed by atoms with Crippen LogP contribution in [0.5, 0.6) is 0 Å². The molecule has 0 fully saturated rings. The van der Waals surface area contributed by atoms with Crippen LogP contribution in [-0.2, 0) is 129 Å². The molecule has 0 bridgehead atoms. The lowest BCUT2D eigenvalue weighted by Gasteiger charge is -2.20. The van der Waals surface area contributed by atoms with Crippen LogP contribution in [0.4, 0.5) is 9.59 Å². The quantitative estimate of drug-likeness (QED) is 0.0191. The number of methoxy groups -OCH3 is 6. The molecule has 5 aliphatic carbocycles. The van der Waals surface area contributed by atoms with Crippen LogP contribution < -0.4 is 5.73 Å². The van der Waals surface area contributed by atoms with Crippen molar-refractivity contribution in [2.24, 2.45) is 10.8 Å². The Morgan fingerprint density at radius 2 is 0.943 bits per heavy atom. The molecule has 6 aromatic heterocycles. The van der Waals surface area contributed by atoms with Gasteiger partial charge in [0.1, 0.15) is 46.1 Å². The number of nitrogens with zero attached hydrogens (tertiary/aromatic N) is 9. The van der Waals surface area contributed by atoms with Gasteiger partial charge in [0.05, 0.1) is 96.0 Å². The van der Waals surface area contributed by atoms with Crippen LogP contribution >= 0.6 is 11.6 Å². The molecule has 11 rings (SSSR count). The molecule has 5 aliphatic rings. The van der Waals surface area contributed by atoms with E-state index in [0.717, 1.165) is 39.8 Å². The lowest BCUT2D eigenvalue weighted by Crippen LogP contribution is -2.31. The molecule has 0 spiro atoms. The number of hydrogen-bond acceptors (Lipinski definition) is 30. The molecule has 3 N–H and O–H groups in total. The van der Waals surface area contributed by atoms with Gasteiger partial charge in [-0.3, -0.25) is 62.7 Å². The number of aliphatic hydroxyl groups excluding tert-OH is 1. The number of azide groups is 1. The lowest BCUT2D eigenvalue weighted by atomic mass is 10.0. The van der Waals surface area contributed by atoms with Crippen molar-refractivity contribution < 1.29 is 103 Å². The van der Waals surface area contributed by atoms with Gasteiger partial charge in [-0.25, -0.2) is 14.6 Å². The van der Waals surface area contributed by atoms with Crippen LogP contribution in [0.1, 0.15) is 147 Å². The molecule has 0 saturated carbocycles. The predicted molar refractivity (Wildman–Crippen MR) is 375 cm³/mol. The number of fused-ring (bicyclic) bond motifs is 5. The minimum atomic E-state index is -3.64. The summed E-state index contributed by atoms with van der Waals surface area (Å²) in [4.78, 5) is 129. The third-order valence-corrected chi connectivity index (χ3v) is 16.1. The van der Waals surface area contributed by atoms with Crippen LogP contribution in [0, 0.1) is 0 Å². The summed E-state index contributed by atoms with van der Waals surface area (Å²) in [5.74, 6) is -5.81. The maximum Gasteiger partial charge on any atom is 0.519 e. The Labute approximate surface area is 612 Å². The summed E-state index contributed by atoms with van der Waals surface area (Å²) in [5, 5.41) is 13.6. The molecule has 32 nitrogen and oxygen atoms in total. The third kappa shape index (κ3) is 26.0. The van der Waals surface area contributed by atoms with E-state index in [1.165, 1.54) is 42.7 Å². The smallest absolute Gasteiger partial charge is 0.469 e. The third-order valence-electron chi connectivity index (χ3n) is 15.2. The normalized spacial score (nSPS) is 19.1. The molecule has 105 heavy (non-hydrogen) atoms.